The molecule has 2 atom stereocenters. The van der Waals surface area contributed by atoms with Crippen molar-refractivity contribution in [1.29, 1.82) is 0 Å². The Labute approximate surface area is 130 Å². The van der Waals surface area contributed by atoms with Gasteiger partial charge in [-0.3, -0.25) is 0 Å². The summed E-state index contributed by atoms with van der Waals surface area (Å²) < 4.78 is 13.3. The molecule has 2 aromatic carbocycles. The summed E-state index contributed by atoms with van der Waals surface area (Å²) in [5.41, 5.74) is 8.13. The normalized spacial score (nSPS) is 13.4. The zero-order chi connectivity index (χ0) is 13.8. The maximum absolute atomic E-state index is 13.3. The summed E-state index contributed by atoms with van der Waals surface area (Å²) in [6.07, 6.45) is 0.776. The van der Waals surface area contributed by atoms with Crippen LogP contribution in [0.25, 0.3) is 0 Å². The summed E-state index contributed by atoms with van der Waals surface area (Å²) in [4.78, 5) is 0. The first-order valence-corrected chi connectivity index (χ1v) is 6.69. The zero-order valence-electron chi connectivity index (χ0n) is 11.2. The van der Waals surface area contributed by atoms with E-state index in [4.69, 9.17) is 17.3 Å². The van der Waals surface area contributed by atoms with Gasteiger partial charge in [-0.1, -0.05) is 35.9 Å². The van der Waals surface area contributed by atoms with Crippen molar-refractivity contribution in [2.24, 2.45) is 5.73 Å². The standard InChI is InChI=1S/C16H17ClFN.ClH/c1-11(19)16(13-3-2-4-15(18)10-13)9-12-5-7-14(17)8-6-12;/h2-8,10-11,16H,9,19H2,1H3;1H. The lowest BCUT2D eigenvalue weighted by molar-refractivity contribution is 0.557. The van der Waals surface area contributed by atoms with Crippen LogP contribution in [0.5, 0.6) is 0 Å². The fraction of sp³-hybridized carbons (Fsp3) is 0.250. The van der Waals surface area contributed by atoms with Crippen molar-refractivity contribution in [3.05, 3.63) is 70.5 Å². The molecule has 0 radical (unpaired) electrons. The van der Waals surface area contributed by atoms with Crippen molar-refractivity contribution < 1.29 is 4.39 Å². The second-order valence-electron chi connectivity index (χ2n) is 4.85. The minimum Gasteiger partial charge on any atom is -0.327 e. The highest BCUT2D eigenvalue weighted by molar-refractivity contribution is 6.30. The summed E-state index contributed by atoms with van der Waals surface area (Å²) in [5.74, 6) is -0.129. The molecule has 0 spiro atoms. The molecule has 108 valence electrons. The lowest BCUT2D eigenvalue weighted by Gasteiger charge is -2.21. The smallest absolute Gasteiger partial charge is 0.123 e. The number of hydrogen-bond donors (Lipinski definition) is 1. The Morgan fingerprint density at radius 3 is 2.35 bits per heavy atom. The molecule has 2 rings (SSSR count). The van der Waals surface area contributed by atoms with Crippen LogP contribution in [0, 0.1) is 5.82 Å². The summed E-state index contributed by atoms with van der Waals surface area (Å²) in [6.45, 7) is 1.95. The molecule has 0 heterocycles. The van der Waals surface area contributed by atoms with Gasteiger partial charge in [-0.05, 0) is 48.7 Å². The maximum atomic E-state index is 13.3. The first-order valence-electron chi connectivity index (χ1n) is 6.32. The molecular weight excluding hydrogens is 296 g/mol. The number of nitrogens with two attached hydrogens (primary N) is 1. The van der Waals surface area contributed by atoms with Gasteiger partial charge in [0.25, 0.3) is 0 Å². The van der Waals surface area contributed by atoms with E-state index in [1.54, 1.807) is 12.1 Å². The monoisotopic (exact) mass is 313 g/mol. The Hall–Kier alpha value is -1.09. The lowest BCUT2D eigenvalue weighted by atomic mass is 9.87. The third-order valence-electron chi connectivity index (χ3n) is 3.28. The van der Waals surface area contributed by atoms with Crippen molar-refractivity contribution in [3.8, 4) is 0 Å². The van der Waals surface area contributed by atoms with Gasteiger partial charge < -0.3 is 5.73 Å². The Morgan fingerprint density at radius 2 is 1.80 bits per heavy atom. The zero-order valence-corrected chi connectivity index (χ0v) is 12.8. The predicted molar refractivity (Wildman–Crippen MR) is 85.2 cm³/mol. The molecule has 0 aromatic heterocycles. The second-order valence-corrected chi connectivity index (χ2v) is 5.29. The van der Waals surface area contributed by atoms with Crippen LogP contribution < -0.4 is 5.73 Å². The third kappa shape index (κ3) is 4.48. The van der Waals surface area contributed by atoms with E-state index in [9.17, 15) is 4.39 Å². The van der Waals surface area contributed by atoms with E-state index < -0.39 is 0 Å². The van der Waals surface area contributed by atoms with Gasteiger partial charge >= 0.3 is 0 Å². The summed E-state index contributed by atoms with van der Waals surface area (Å²) >= 11 is 5.87. The summed E-state index contributed by atoms with van der Waals surface area (Å²) in [6, 6.07) is 14.3. The molecule has 0 saturated carbocycles. The summed E-state index contributed by atoms with van der Waals surface area (Å²) in [5, 5.41) is 0.715. The van der Waals surface area contributed by atoms with Gasteiger partial charge in [0.05, 0.1) is 0 Å². The van der Waals surface area contributed by atoms with Gasteiger partial charge in [-0.25, -0.2) is 4.39 Å². The number of halogens is 3. The van der Waals surface area contributed by atoms with Gasteiger partial charge in [0, 0.05) is 17.0 Å². The van der Waals surface area contributed by atoms with Crippen LogP contribution in [0.3, 0.4) is 0 Å². The second kappa shape index (κ2) is 7.63. The molecule has 2 N–H and O–H groups in total. The van der Waals surface area contributed by atoms with Gasteiger partial charge in [0.2, 0.25) is 0 Å². The molecule has 2 unspecified atom stereocenters. The van der Waals surface area contributed by atoms with Gasteiger partial charge in [-0.15, -0.1) is 12.4 Å². The Balaban J connectivity index is 0.00000200. The molecule has 0 aliphatic heterocycles. The molecule has 0 bridgehead atoms. The van der Waals surface area contributed by atoms with E-state index in [1.807, 2.05) is 37.3 Å². The van der Waals surface area contributed by atoms with Crippen LogP contribution in [0.2, 0.25) is 5.02 Å². The van der Waals surface area contributed by atoms with Crippen molar-refractivity contribution >= 4 is 24.0 Å². The topological polar surface area (TPSA) is 26.0 Å². The van der Waals surface area contributed by atoms with Gasteiger partial charge in [0.15, 0.2) is 0 Å². The molecule has 0 saturated heterocycles. The van der Waals surface area contributed by atoms with E-state index in [0.29, 0.717) is 5.02 Å². The van der Waals surface area contributed by atoms with Crippen molar-refractivity contribution in [1.82, 2.24) is 0 Å². The highest BCUT2D eigenvalue weighted by Crippen LogP contribution is 2.25. The minimum absolute atomic E-state index is 0. The summed E-state index contributed by atoms with van der Waals surface area (Å²) in [7, 11) is 0. The first-order chi connectivity index (χ1) is 9.06. The first kappa shape index (κ1) is 17.0. The van der Waals surface area contributed by atoms with Crippen molar-refractivity contribution in [2.75, 3.05) is 0 Å². The van der Waals surface area contributed by atoms with Crippen LogP contribution in [-0.2, 0) is 6.42 Å². The molecular formula is C16H18Cl2FN. The van der Waals surface area contributed by atoms with Crippen molar-refractivity contribution in [3.63, 3.8) is 0 Å². The van der Waals surface area contributed by atoms with E-state index >= 15 is 0 Å². The Morgan fingerprint density at radius 1 is 1.15 bits per heavy atom. The molecule has 0 fully saturated rings. The highest BCUT2D eigenvalue weighted by atomic mass is 35.5. The van der Waals surface area contributed by atoms with Crippen LogP contribution in [0.15, 0.2) is 48.5 Å². The van der Waals surface area contributed by atoms with Gasteiger partial charge in [-0.2, -0.15) is 0 Å². The van der Waals surface area contributed by atoms with Gasteiger partial charge in [0.1, 0.15) is 5.82 Å². The molecule has 2 aromatic rings. The minimum atomic E-state index is -0.223. The fourth-order valence-corrected chi connectivity index (χ4v) is 2.34. The molecule has 20 heavy (non-hydrogen) atoms. The Bertz CT molecular complexity index is 540. The Kier molecular flexibility index (Phi) is 6.47. The number of rotatable bonds is 4. The van der Waals surface area contributed by atoms with E-state index in [-0.39, 0.29) is 30.2 Å². The molecule has 1 nitrogen and oxygen atoms in total. The molecule has 0 amide bonds. The SMILES string of the molecule is CC(N)C(Cc1ccc(Cl)cc1)c1cccc(F)c1.Cl. The van der Waals surface area contributed by atoms with E-state index in [2.05, 4.69) is 0 Å². The number of hydrogen-bond acceptors (Lipinski definition) is 1. The molecule has 0 aliphatic rings. The van der Waals surface area contributed by atoms with E-state index in [1.165, 1.54) is 6.07 Å². The highest BCUT2D eigenvalue weighted by Gasteiger charge is 2.17. The van der Waals surface area contributed by atoms with Crippen LogP contribution in [-0.4, -0.2) is 6.04 Å². The number of benzene rings is 2. The predicted octanol–water partition coefficient (Wildman–Crippen LogP) is 4.57. The lowest BCUT2D eigenvalue weighted by Crippen LogP contribution is -2.26. The average Bonchev–Trinajstić information content (AvgIpc) is 2.37. The maximum Gasteiger partial charge on any atom is 0.123 e. The largest absolute Gasteiger partial charge is 0.327 e. The van der Waals surface area contributed by atoms with E-state index in [0.717, 1.165) is 17.5 Å². The molecule has 4 heteroatoms. The van der Waals surface area contributed by atoms with Crippen LogP contribution in [0.4, 0.5) is 4.39 Å². The van der Waals surface area contributed by atoms with Crippen LogP contribution in [0.1, 0.15) is 24.0 Å². The third-order valence-corrected chi connectivity index (χ3v) is 3.53. The van der Waals surface area contributed by atoms with Crippen molar-refractivity contribution in [2.45, 2.75) is 25.3 Å². The quantitative estimate of drug-likeness (QED) is 0.878. The molecule has 0 aliphatic carbocycles. The average molecular weight is 314 g/mol. The fourth-order valence-electron chi connectivity index (χ4n) is 2.22. The van der Waals surface area contributed by atoms with Crippen LogP contribution >= 0.6 is 24.0 Å².